The molecule has 0 radical (unpaired) electrons. The lowest BCUT2D eigenvalue weighted by Gasteiger charge is -1.93. The van der Waals surface area contributed by atoms with Crippen LogP contribution in [0.5, 0.6) is 0 Å². The Morgan fingerprint density at radius 1 is 1.30 bits per heavy atom. The molecule has 0 saturated heterocycles. The van der Waals surface area contributed by atoms with Crippen molar-refractivity contribution in [2.45, 2.75) is 4.90 Å². The van der Waals surface area contributed by atoms with Gasteiger partial charge in [-0.3, -0.25) is 0 Å². The average molecular weight is 158 g/mol. The molecule has 0 atom stereocenters. The fourth-order valence-electron chi connectivity index (χ4n) is 0.600. The summed E-state index contributed by atoms with van der Waals surface area (Å²) in [5, 5.41) is 1.48. The fraction of sp³-hybridized carbons (Fsp3) is 0. The summed E-state index contributed by atoms with van der Waals surface area (Å²) < 4.78 is 28.3. The molecular weight excluding hydrogens is 150 g/mol. The summed E-state index contributed by atoms with van der Waals surface area (Å²) in [5.74, 6) is 0. The van der Waals surface area contributed by atoms with E-state index in [1.165, 1.54) is 17.3 Å². The van der Waals surface area contributed by atoms with Gasteiger partial charge in [0.15, 0.2) is 0 Å². The maximum absolute atomic E-state index is 10.9. The van der Waals surface area contributed by atoms with Crippen LogP contribution in [0.15, 0.2) is 35.2 Å². The minimum absolute atomic E-state index is 0.106. The Hall–Kier alpha value is -0.870. The van der Waals surface area contributed by atoms with Crippen LogP contribution >= 0.6 is 0 Å². The van der Waals surface area contributed by atoms with Gasteiger partial charge < -0.3 is 0 Å². The second-order valence-electron chi connectivity index (χ2n) is 1.82. The zero-order valence-corrected chi connectivity index (χ0v) is 5.93. The fourth-order valence-corrected chi connectivity index (χ4v) is 1.12. The van der Waals surface area contributed by atoms with Crippen LogP contribution in [0, 0.1) is 0 Å². The van der Waals surface area contributed by atoms with Crippen molar-refractivity contribution in [3.05, 3.63) is 30.3 Å². The number of hydrogen-bond donors (Lipinski definition) is 1. The minimum atomic E-state index is -3.58. The first-order valence-electron chi connectivity index (χ1n) is 3.15. The molecule has 1 aromatic carbocycles. The third kappa shape index (κ3) is 1.55. The molecule has 0 bridgehead atoms. The van der Waals surface area contributed by atoms with Gasteiger partial charge in [0.25, 0.3) is 0 Å². The van der Waals surface area contributed by atoms with E-state index in [2.05, 4.69) is 0 Å². The molecule has 0 aliphatic carbocycles. The highest BCUT2D eigenvalue weighted by atomic mass is 32.2. The summed E-state index contributed by atoms with van der Waals surface area (Å²) in [5.41, 5.74) is 0. The number of hydrogen-bond acceptors (Lipinski definition) is 2. The van der Waals surface area contributed by atoms with E-state index in [4.69, 9.17) is 1.41 Å². The quantitative estimate of drug-likeness (QED) is 0.674. The van der Waals surface area contributed by atoms with Crippen LogP contribution in [0.2, 0.25) is 1.41 Å². The first-order chi connectivity index (χ1) is 5.17. The molecular formula is C6H7NO2S. The predicted molar refractivity (Wildman–Crippen MR) is 37.8 cm³/mol. The van der Waals surface area contributed by atoms with Gasteiger partial charge in [-0.05, 0) is 12.1 Å². The molecule has 0 aliphatic heterocycles. The Morgan fingerprint density at radius 3 is 2.40 bits per heavy atom. The molecule has 4 heteroatoms. The van der Waals surface area contributed by atoms with Gasteiger partial charge >= 0.3 is 0 Å². The molecule has 0 aliphatic rings. The number of benzene rings is 1. The number of sulfonamides is 1. The van der Waals surface area contributed by atoms with Crippen molar-refractivity contribution in [3.8, 4) is 0 Å². The Bertz CT molecular complexity index is 322. The van der Waals surface area contributed by atoms with Gasteiger partial charge in [0.05, 0.1) is 4.90 Å². The van der Waals surface area contributed by atoms with Gasteiger partial charge in [-0.25, -0.2) is 13.5 Å². The Morgan fingerprint density at radius 2 is 1.90 bits per heavy atom. The van der Waals surface area contributed by atoms with E-state index < -0.39 is 10.0 Å². The lowest BCUT2D eigenvalue weighted by molar-refractivity contribution is 0.598. The van der Waals surface area contributed by atoms with Crippen molar-refractivity contribution in [2.75, 3.05) is 0 Å². The Balaban J connectivity index is 3.14. The van der Waals surface area contributed by atoms with Crippen molar-refractivity contribution in [2.24, 2.45) is 5.13 Å². The first kappa shape index (κ1) is 5.88. The van der Waals surface area contributed by atoms with E-state index in [0.29, 0.717) is 0 Å². The Kier molecular flexibility index (Phi) is 1.41. The smallest absolute Gasteiger partial charge is 0.225 e. The predicted octanol–water partition coefficient (Wildman–Crippen LogP) is 0.334. The molecule has 1 aromatic rings. The van der Waals surface area contributed by atoms with E-state index in [0.717, 1.165) is 0 Å². The van der Waals surface area contributed by atoms with Gasteiger partial charge in [0.1, 0.15) is 1.41 Å². The third-order valence-electron chi connectivity index (χ3n) is 1.05. The zero-order chi connectivity index (χ0) is 8.32. The van der Waals surface area contributed by atoms with Crippen LogP contribution in [0.4, 0.5) is 0 Å². The molecule has 2 N–H and O–H groups in total. The zero-order valence-electron chi connectivity index (χ0n) is 6.11. The van der Waals surface area contributed by atoms with Crippen LogP contribution in [0.25, 0.3) is 0 Å². The van der Waals surface area contributed by atoms with Crippen molar-refractivity contribution in [1.82, 2.24) is 0 Å². The van der Waals surface area contributed by atoms with Crippen LogP contribution in [0.3, 0.4) is 0 Å². The minimum Gasteiger partial charge on any atom is -0.225 e. The highest BCUT2D eigenvalue weighted by Crippen LogP contribution is 2.02. The highest BCUT2D eigenvalue weighted by Gasteiger charge is 2.03. The summed E-state index contributed by atoms with van der Waals surface area (Å²) in [6.07, 6.45) is 0. The third-order valence-corrected chi connectivity index (χ3v) is 1.95. The van der Waals surface area contributed by atoms with E-state index in [9.17, 15) is 8.42 Å². The normalized spacial score (nSPS) is 12.6. The van der Waals surface area contributed by atoms with Crippen LogP contribution in [0.1, 0.15) is 0 Å². The second-order valence-corrected chi connectivity index (χ2v) is 3.29. The number of nitrogens with two attached hydrogens (primary N) is 1. The molecule has 10 heavy (non-hydrogen) atoms. The molecule has 54 valence electrons. The molecule has 1 rings (SSSR count). The lowest BCUT2D eigenvalue weighted by Crippen LogP contribution is -2.11. The van der Waals surface area contributed by atoms with Gasteiger partial charge in [0, 0.05) is 0 Å². The average Bonchev–Trinajstić information content (AvgIpc) is 2.06. The monoisotopic (exact) mass is 158 g/mol. The topological polar surface area (TPSA) is 60.2 Å². The summed E-state index contributed by atoms with van der Waals surface area (Å²) in [7, 11) is -3.58. The largest absolute Gasteiger partial charge is 0.238 e. The van der Waals surface area contributed by atoms with Crippen LogP contribution < -0.4 is 5.13 Å². The molecule has 0 heterocycles. The van der Waals surface area contributed by atoms with Gasteiger partial charge in [-0.1, -0.05) is 18.2 Å². The summed E-state index contributed by atoms with van der Waals surface area (Å²) in [6, 6.07) is 7.77. The molecule has 0 aromatic heterocycles. The molecule has 0 unspecified atom stereocenters. The van der Waals surface area contributed by atoms with E-state index in [1.54, 1.807) is 18.2 Å². The number of primary sulfonamides is 1. The molecule has 0 spiro atoms. The maximum Gasteiger partial charge on any atom is 0.238 e. The van der Waals surface area contributed by atoms with Gasteiger partial charge in [-0.2, -0.15) is 0 Å². The second kappa shape index (κ2) is 2.40. The molecule has 0 saturated carbocycles. The lowest BCUT2D eigenvalue weighted by atomic mass is 10.4. The van der Waals surface area contributed by atoms with E-state index in [-0.39, 0.29) is 4.90 Å². The van der Waals surface area contributed by atoms with Crippen molar-refractivity contribution in [1.29, 1.82) is 0 Å². The van der Waals surface area contributed by atoms with Crippen molar-refractivity contribution < 1.29 is 9.83 Å². The standard InChI is InChI=1S/C6H7NO2S/c7-10(8,9)6-4-2-1-3-5-6/h1-5H,(H2,7,8,9)/i/hD. The highest BCUT2D eigenvalue weighted by molar-refractivity contribution is 7.89. The van der Waals surface area contributed by atoms with E-state index in [1.807, 2.05) is 0 Å². The van der Waals surface area contributed by atoms with Crippen LogP contribution in [-0.4, -0.2) is 8.42 Å². The van der Waals surface area contributed by atoms with Crippen LogP contribution in [-0.2, 0) is 10.0 Å². The molecule has 0 amide bonds. The summed E-state index contributed by atoms with van der Waals surface area (Å²) >= 11 is 0. The van der Waals surface area contributed by atoms with Gasteiger partial charge in [0.2, 0.25) is 10.0 Å². The summed E-state index contributed by atoms with van der Waals surface area (Å²) in [4.78, 5) is 0.106. The first-order valence-corrected chi connectivity index (χ1v) is 4.14. The van der Waals surface area contributed by atoms with Crippen molar-refractivity contribution in [3.63, 3.8) is 0 Å². The Labute approximate surface area is 61.0 Å². The maximum atomic E-state index is 10.9. The van der Waals surface area contributed by atoms with Crippen molar-refractivity contribution >= 4 is 10.0 Å². The van der Waals surface area contributed by atoms with E-state index >= 15 is 0 Å². The molecule has 3 nitrogen and oxygen atoms in total. The summed E-state index contributed by atoms with van der Waals surface area (Å²) in [6.45, 7) is 0. The number of rotatable bonds is 2. The molecule has 0 fully saturated rings. The van der Waals surface area contributed by atoms with Gasteiger partial charge in [-0.15, -0.1) is 0 Å². The SMILES string of the molecule is [2H]NS(=O)(=O)c1ccccc1.